The molecule has 0 radical (unpaired) electrons. The van der Waals surface area contributed by atoms with Crippen molar-refractivity contribution in [3.05, 3.63) is 209 Å². The van der Waals surface area contributed by atoms with Crippen LogP contribution < -0.4 is 4.90 Å². The van der Waals surface area contributed by atoms with Gasteiger partial charge in [-0.15, -0.1) is 0 Å². The molecule has 280 valence electrons. The van der Waals surface area contributed by atoms with Crippen LogP contribution >= 0.6 is 0 Å². The van der Waals surface area contributed by atoms with E-state index in [2.05, 4.69) is 222 Å². The van der Waals surface area contributed by atoms with E-state index in [0.717, 1.165) is 17.1 Å². The van der Waals surface area contributed by atoms with Crippen molar-refractivity contribution in [3.8, 4) is 55.6 Å². The number of benzene rings is 8. The molecular weight excluding hydrogens is 699 g/mol. The van der Waals surface area contributed by atoms with Crippen molar-refractivity contribution < 1.29 is 0 Å². The monoisotopic (exact) mass is 745 g/mol. The molecule has 0 aliphatic heterocycles. The Morgan fingerprint density at radius 2 is 0.724 bits per heavy atom. The smallest absolute Gasteiger partial charge is 0.0540 e. The molecule has 0 saturated carbocycles. The van der Waals surface area contributed by atoms with Crippen LogP contribution in [0.3, 0.4) is 0 Å². The summed E-state index contributed by atoms with van der Waals surface area (Å²) in [7, 11) is 0. The molecule has 0 atom stereocenters. The molecule has 0 bridgehead atoms. The Kier molecular flexibility index (Phi) is 7.36. The minimum absolute atomic E-state index is 0.00943. The van der Waals surface area contributed by atoms with Gasteiger partial charge in [0.15, 0.2) is 0 Å². The third kappa shape index (κ3) is 4.83. The molecule has 0 N–H and O–H groups in total. The summed E-state index contributed by atoms with van der Waals surface area (Å²) in [5.74, 6) is 0. The molecule has 8 aromatic carbocycles. The second kappa shape index (κ2) is 12.3. The number of para-hydroxylation sites is 1. The van der Waals surface area contributed by atoms with Gasteiger partial charge in [-0.2, -0.15) is 0 Å². The molecule has 8 aromatic rings. The standard InChI is InChI=1S/C57H47N/c1-55(2)47-21-11-7-16-40(47)45-34-37(28-32-50(45)55)36-26-29-38(30-27-36)58(39-31-33-51-46(35-39)41-17-8-12-22-48(41)56(51,3)4)53-25-14-10-18-42(53)43-20-15-24-52-54(43)44-19-9-13-23-49(44)57(52,5)6/h7-35H,1-6H3. The average Bonchev–Trinajstić information content (AvgIpc) is 3.74. The van der Waals surface area contributed by atoms with Crippen LogP contribution in [0.2, 0.25) is 0 Å². The molecule has 3 aliphatic carbocycles. The van der Waals surface area contributed by atoms with Gasteiger partial charge in [0.2, 0.25) is 0 Å². The summed E-state index contributed by atoms with van der Waals surface area (Å²) >= 11 is 0. The van der Waals surface area contributed by atoms with Crippen molar-refractivity contribution in [2.45, 2.75) is 57.8 Å². The summed E-state index contributed by atoms with van der Waals surface area (Å²) in [6.07, 6.45) is 0. The third-order valence-electron chi connectivity index (χ3n) is 13.9. The summed E-state index contributed by atoms with van der Waals surface area (Å²) in [4.78, 5) is 2.49. The maximum Gasteiger partial charge on any atom is 0.0540 e. The van der Waals surface area contributed by atoms with Gasteiger partial charge < -0.3 is 4.90 Å². The predicted molar refractivity (Wildman–Crippen MR) is 245 cm³/mol. The lowest BCUT2D eigenvalue weighted by molar-refractivity contribution is 0.660. The summed E-state index contributed by atoms with van der Waals surface area (Å²) < 4.78 is 0. The van der Waals surface area contributed by atoms with Crippen molar-refractivity contribution in [3.63, 3.8) is 0 Å². The van der Waals surface area contributed by atoms with Gasteiger partial charge in [-0.1, -0.05) is 181 Å². The summed E-state index contributed by atoms with van der Waals surface area (Å²) in [5.41, 5.74) is 24.6. The molecule has 1 nitrogen and oxygen atoms in total. The average molecular weight is 746 g/mol. The van der Waals surface area contributed by atoms with Gasteiger partial charge in [0.25, 0.3) is 0 Å². The lowest BCUT2D eigenvalue weighted by Crippen LogP contribution is -2.15. The zero-order valence-electron chi connectivity index (χ0n) is 34.2. The van der Waals surface area contributed by atoms with Crippen molar-refractivity contribution in [2.24, 2.45) is 0 Å². The van der Waals surface area contributed by atoms with E-state index in [4.69, 9.17) is 0 Å². The predicted octanol–water partition coefficient (Wildman–Crippen LogP) is 15.4. The van der Waals surface area contributed by atoms with Crippen LogP contribution in [0.5, 0.6) is 0 Å². The van der Waals surface area contributed by atoms with E-state index in [0.29, 0.717) is 0 Å². The number of anilines is 3. The van der Waals surface area contributed by atoms with Crippen LogP contribution in [-0.4, -0.2) is 0 Å². The maximum absolute atomic E-state index is 2.49. The third-order valence-corrected chi connectivity index (χ3v) is 13.9. The second-order valence-electron chi connectivity index (χ2n) is 18.1. The second-order valence-corrected chi connectivity index (χ2v) is 18.1. The van der Waals surface area contributed by atoms with E-state index in [1.54, 1.807) is 0 Å². The Labute approximate surface area is 343 Å². The van der Waals surface area contributed by atoms with Crippen LogP contribution in [0.25, 0.3) is 55.6 Å². The van der Waals surface area contributed by atoms with E-state index < -0.39 is 0 Å². The van der Waals surface area contributed by atoms with Crippen molar-refractivity contribution in [1.29, 1.82) is 0 Å². The first-order valence-electron chi connectivity index (χ1n) is 20.8. The number of hydrogen-bond donors (Lipinski definition) is 0. The first-order valence-corrected chi connectivity index (χ1v) is 20.8. The Morgan fingerprint density at radius 3 is 1.38 bits per heavy atom. The molecule has 1 heteroatoms. The van der Waals surface area contributed by atoms with Crippen molar-refractivity contribution >= 4 is 17.1 Å². The molecule has 11 rings (SSSR count). The Morgan fingerprint density at radius 1 is 0.293 bits per heavy atom. The Hall–Kier alpha value is -6.44. The van der Waals surface area contributed by atoms with Gasteiger partial charge in [-0.25, -0.2) is 0 Å². The number of fused-ring (bicyclic) bond motifs is 9. The molecule has 0 unspecified atom stereocenters. The number of hydrogen-bond acceptors (Lipinski definition) is 1. The zero-order valence-corrected chi connectivity index (χ0v) is 34.2. The lowest BCUT2D eigenvalue weighted by Gasteiger charge is -2.30. The largest absolute Gasteiger partial charge is 0.310 e. The topological polar surface area (TPSA) is 3.24 Å². The maximum atomic E-state index is 2.49. The molecule has 0 fully saturated rings. The molecule has 0 saturated heterocycles. The normalized spacial score (nSPS) is 15.5. The highest BCUT2D eigenvalue weighted by Crippen LogP contribution is 2.55. The summed E-state index contributed by atoms with van der Waals surface area (Å²) in [6.45, 7) is 14.1. The SMILES string of the molecule is CC1(C)c2ccccc2-c2cc(-c3ccc(N(c4ccc5c(c4)-c4ccccc4C5(C)C)c4ccccc4-c4cccc5c4-c4ccccc4C5(C)C)cc3)ccc21. The van der Waals surface area contributed by atoms with Gasteiger partial charge >= 0.3 is 0 Å². The van der Waals surface area contributed by atoms with Gasteiger partial charge in [0.05, 0.1) is 5.69 Å². The highest BCUT2D eigenvalue weighted by molar-refractivity contribution is 5.99. The molecule has 58 heavy (non-hydrogen) atoms. The van der Waals surface area contributed by atoms with Crippen LogP contribution in [0.15, 0.2) is 176 Å². The number of nitrogens with zero attached hydrogens (tertiary/aromatic N) is 1. The summed E-state index contributed by atoms with van der Waals surface area (Å²) in [6, 6.07) is 66.2. The summed E-state index contributed by atoms with van der Waals surface area (Å²) in [5, 5.41) is 0. The molecule has 0 heterocycles. The van der Waals surface area contributed by atoms with Gasteiger partial charge in [0.1, 0.15) is 0 Å². The van der Waals surface area contributed by atoms with E-state index in [-0.39, 0.29) is 16.2 Å². The highest BCUT2D eigenvalue weighted by Gasteiger charge is 2.39. The van der Waals surface area contributed by atoms with E-state index in [9.17, 15) is 0 Å². The highest BCUT2D eigenvalue weighted by atomic mass is 15.1. The first kappa shape index (κ1) is 34.8. The van der Waals surface area contributed by atoms with Gasteiger partial charge in [-0.3, -0.25) is 0 Å². The Bertz CT molecular complexity index is 2970. The van der Waals surface area contributed by atoms with E-state index in [1.807, 2.05) is 0 Å². The zero-order chi connectivity index (χ0) is 39.6. The minimum atomic E-state index is -0.0814. The molecule has 0 aromatic heterocycles. The first-order chi connectivity index (χ1) is 28.0. The van der Waals surface area contributed by atoms with E-state index in [1.165, 1.54) is 89.0 Å². The van der Waals surface area contributed by atoms with E-state index >= 15 is 0 Å². The van der Waals surface area contributed by atoms with Crippen LogP contribution in [0.1, 0.15) is 74.9 Å². The van der Waals surface area contributed by atoms with Crippen molar-refractivity contribution in [2.75, 3.05) is 4.90 Å². The minimum Gasteiger partial charge on any atom is -0.310 e. The van der Waals surface area contributed by atoms with Crippen LogP contribution in [-0.2, 0) is 16.2 Å². The lowest BCUT2D eigenvalue weighted by atomic mass is 9.82. The number of rotatable bonds is 5. The Balaban J connectivity index is 1.09. The fraction of sp³-hybridized carbons (Fsp3) is 0.158. The van der Waals surface area contributed by atoms with Crippen LogP contribution in [0, 0.1) is 0 Å². The fourth-order valence-electron chi connectivity index (χ4n) is 10.9. The fourth-order valence-corrected chi connectivity index (χ4v) is 10.9. The molecular formula is C57H47N. The molecule has 3 aliphatic rings. The van der Waals surface area contributed by atoms with Gasteiger partial charge in [-0.05, 0) is 120 Å². The molecule has 0 amide bonds. The molecule has 0 spiro atoms. The van der Waals surface area contributed by atoms with Gasteiger partial charge in [0, 0.05) is 33.2 Å². The van der Waals surface area contributed by atoms with Crippen LogP contribution in [0.4, 0.5) is 17.1 Å². The van der Waals surface area contributed by atoms with Crippen molar-refractivity contribution in [1.82, 2.24) is 0 Å². The quantitative estimate of drug-likeness (QED) is 0.170.